The summed E-state index contributed by atoms with van der Waals surface area (Å²) in [5.41, 5.74) is 15.5. The highest BCUT2D eigenvalue weighted by Gasteiger charge is 2.44. The normalized spacial score (nSPS) is 14.7. The summed E-state index contributed by atoms with van der Waals surface area (Å²) in [4.78, 5) is 5.05. The fourth-order valence-electron chi connectivity index (χ4n) is 8.88. The summed E-state index contributed by atoms with van der Waals surface area (Å²) in [6, 6.07) is 58.0. The van der Waals surface area contributed by atoms with Crippen molar-refractivity contribution in [3.05, 3.63) is 169 Å². The van der Waals surface area contributed by atoms with Gasteiger partial charge >= 0.3 is 0 Å². The Labute approximate surface area is 287 Å². The number of fused-ring (bicyclic) bond motifs is 7. The van der Waals surface area contributed by atoms with E-state index in [9.17, 15) is 0 Å². The molecule has 0 bridgehead atoms. The first kappa shape index (κ1) is 28.3. The Kier molecular flexibility index (Phi) is 6.45. The Hall–Kier alpha value is -5.73. The molecule has 0 amide bonds. The van der Waals surface area contributed by atoms with Crippen LogP contribution in [-0.4, -0.2) is 9.55 Å². The van der Waals surface area contributed by atoms with Crippen LogP contribution in [0.2, 0.25) is 0 Å². The molecule has 2 nitrogen and oxygen atoms in total. The van der Waals surface area contributed by atoms with E-state index < -0.39 is 0 Å². The van der Waals surface area contributed by atoms with E-state index in [1.54, 1.807) is 0 Å². The smallest absolute Gasteiger partial charge is 0.145 e. The Morgan fingerprint density at radius 2 is 1.12 bits per heavy atom. The van der Waals surface area contributed by atoms with Crippen LogP contribution in [0.3, 0.4) is 0 Å². The second kappa shape index (κ2) is 11.2. The largest absolute Gasteiger partial charge is 0.292 e. The van der Waals surface area contributed by atoms with Gasteiger partial charge in [-0.2, -0.15) is 0 Å². The minimum absolute atomic E-state index is 0.0692. The number of imidazole rings is 1. The number of nitrogens with zero attached hydrogens (tertiary/aromatic N) is 2. The Morgan fingerprint density at radius 3 is 1.94 bits per heavy atom. The Balaban J connectivity index is 1.06. The van der Waals surface area contributed by atoms with Gasteiger partial charge in [0.05, 0.1) is 11.0 Å². The molecule has 1 spiro atoms. The van der Waals surface area contributed by atoms with Crippen LogP contribution < -0.4 is 0 Å². The quantitative estimate of drug-likeness (QED) is 0.190. The second-order valence-corrected chi connectivity index (χ2v) is 13.9. The lowest BCUT2D eigenvalue weighted by atomic mass is 9.67. The molecule has 1 aromatic heterocycles. The van der Waals surface area contributed by atoms with Gasteiger partial charge in [-0.3, -0.25) is 4.57 Å². The zero-order valence-electron chi connectivity index (χ0n) is 27.4. The lowest BCUT2D eigenvalue weighted by molar-refractivity contribution is 0.353. The summed E-state index contributed by atoms with van der Waals surface area (Å²) < 4.78 is 2.29. The lowest BCUT2D eigenvalue weighted by Gasteiger charge is -2.36. The molecule has 2 aliphatic rings. The van der Waals surface area contributed by atoms with E-state index in [1.807, 2.05) is 0 Å². The van der Waals surface area contributed by atoms with Gasteiger partial charge in [-0.15, -0.1) is 0 Å². The zero-order valence-corrected chi connectivity index (χ0v) is 27.4. The number of para-hydroxylation sites is 2. The van der Waals surface area contributed by atoms with Gasteiger partial charge in [-0.25, -0.2) is 4.98 Å². The van der Waals surface area contributed by atoms with Crippen LogP contribution in [0.25, 0.3) is 72.3 Å². The molecule has 2 aliphatic carbocycles. The van der Waals surface area contributed by atoms with Crippen molar-refractivity contribution in [1.82, 2.24) is 9.55 Å². The average molecular weight is 629 g/mol. The molecule has 0 radical (unpaired) electrons. The SMILES string of the molecule is c1ccc(-c2nc3ccccc3n2-c2ccc(-c3ccc4c(c3)C3(CCCCC3)c3cc(-c5cccc6ccccc56)ccc3-4)cc2)cc1. The van der Waals surface area contributed by atoms with Crippen molar-refractivity contribution >= 4 is 21.8 Å². The van der Waals surface area contributed by atoms with E-state index in [2.05, 4.69) is 162 Å². The molecule has 2 heteroatoms. The van der Waals surface area contributed by atoms with Gasteiger partial charge < -0.3 is 0 Å². The Bertz CT molecular complexity index is 2510. The first-order chi connectivity index (χ1) is 24.3. The van der Waals surface area contributed by atoms with Crippen molar-refractivity contribution in [1.29, 1.82) is 0 Å². The maximum absolute atomic E-state index is 5.05. The van der Waals surface area contributed by atoms with Crippen LogP contribution in [0.5, 0.6) is 0 Å². The molecule has 10 rings (SSSR count). The molecular weight excluding hydrogens is 593 g/mol. The molecule has 234 valence electrons. The molecule has 1 heterocycles. The van der Waals surface area contributed by atoms with Crippen LogP contribution in [0.15, 0.2) is 158 Å². The van der Waals surface area contributed by atoms with Crippen molar-refractivity contribution in [2.75, 3.05) is 0 Å². The predicted octanol–water partition coefficient (Wildman–Crippen LogP) is 12.4. The predicted molar refractivity (Wildman–Crippen MR) is 204 cm³/mol. The van der Waals surface area contributed by atoms with E-state index in [1.165, 1.54) is 87.4 Å². The van der Waals surface area contributed by atoms with E-state index in [4.69, 9.17) is 4.98 Å². The maximum atomic E-state index is 5.05. The molecule has 0 saturated heterocycles. The number of hydrogen-bond acceptors (Lipinski definition) is 1. The van der Waals surface area contributed by atoms with E-state index in [-0.39, 0.29) is 5.41 Å². The monoisotopic (exact) mass is 628 g/mol. The molecule has 0 unspecified atom stereocenters. The van der Waals surface area contributed by atoms with E-state index in [0.29, 0.717) is 0 Å². The van der Waals surface area contributed by atoms with Gasteiger partial charge in [0.25, 0.3) is 0 Å². The third-order valence-corrected chi connectivity index (χ3v) is 11.2. The molecule has 0 aliphatic heterocycles. The third-order valence-electron chi connectivity index (χ3n) is 11.2. The van der Waals surface area contributed by atoms with Gasteiger partial charge in [0.15, 0.2) is 0 Å². The van der Waals surface area contributed by atoms with E-state index in [0.717, 1.165) is 28.1 Å². The van der Waals surface area contributed by atoms with Crippen LogP contribution in [0, 0.1) is 0 Å². The minimum atomic E-state index is 0.0692. The molecule has 1 saturated carbocycles. The van der Waals surface area contributed by atoms with E-state index >= 15 is 0 Å². The van der Waals surface area contributed by atoms with Crippen LogP contribution in [0.4, 0.5) is 0 Å². The van der Waals surface area contributed by atoms with Crippen molar-refractivity contribution < 1.29 is 0 Å². The molecule has 1 fully saturated rings. The van der Waals surface area contributed by atoms with Gasteiger partial charge in [0.2, 0.25) is 0 Å². The summed E-state index contributed by atoms with van der Waals surface area (Å²) >= 11 is 0. The number of hydrogen-bond donors (Lipinski definition) is 0. The molecule has 0 N–H and O–H groups in total. The highest BCUT2D eigenvalue weighted by Crippen LogP contribution is 2.57. The standard InChI is InChI=1S/C47H36N2/c1-3-13-34(14-4-1)46-48-44-18-7-8-19-45(44)49(46)37-24-20-32(21-25-37)35-22-26-40-41-27-23-36(39-17-11-15-33-12-5-6-16-38(33)39)31-43(41)47(42(40)30-35)28-9-2-10-29-47/h1,3-8,11-27,30-31H,2,9-10,28-29H2. The summed E-state index contributed by atoms with van der Waals surface area (Å²) in [6.07, 6.45) is 6.30. The summed E-state index contributed by atoms with van der Waals surface area (Å²) in [7, 11) is 0. The van der Waals surface area contributed by atoms with Crippen molar-refractivity contribution in [2.45, 2.75) is 37.5 Å². The number of rotatable bonds is 4. The molecule has 0 atom stereocenters. The highest BCUT2D eigenvalue weighted by atomic mass is 15.1. The van der Waals surface area contributed by atoms with Gasteiger partial charge in [-0.1, -0.05) is 141 Å². The van der Waals surface area contributed by atoms with Crippen LogP contribution in [-0.2, 0) is 5.41 Å². The van der Waals surface area contributed by atoms with Crippen LogP contribution in [0.1, 0.15) is 43.2 Å². The Morgan fingerprint density at radius 1 is 0.469 bits per heavy atom. The number of benzene rings is 7. The van der Waals surface area contributed by atoms with Gasteiger partial charge in [-0.05, 0) is 105 Å². The molecular formula is C47H36N2. The van der Waals surface area contributed by atoms with Crippen molar-refractivity contribution in [3.8, 4) is 50.5 Å². The fraction of sp³-hybridized carbons (Fsp3) is 0.128. The minimum Gasteiger partial charge on any atom is -0.292 e. The zero-order chi connectivity index (χ0) is 32.4. The second-order valence-electron chi connectivity index (χ2n) is 13.9. The maximum Gasteiger partial charge on any atom is 0.145 e. The lowest BCUT2D eigenvalue weighted by Crippen LogP contribution is -2.28. The summed E-state index contributed by atoms with van der Waals surface area (Å²) in [6.45, 7) is 0. The summed E-state index contributed by atoms with van der Waals surface area (Å²) in [5.74, 6) is 0.965. The fourth-order valence-corrected chi connectivity index (χ4v) is 8.88. The number of aromatic nitrogens is 2. The van der Waals surface area contributed by atoms with Crippen molar-refractivity contribution in [3.63, 3.8) is 0 Å². The van der Waals surface area contributed by atoms with Gasteiger partial charge in [0, 0.05) is 16.7 Å². The van der Waals surface area contributed by atoms with Gasteiger partial charge in [0.1, 0.15) is 5.82 Å². The first-order valence-electron chi connectivity index (χ1n) is 17.7. The highest BCUT2D eigenvalue weighted by molar-refractivity contribution is 5.98. The molecule has 49 heavy (non-hydrogen) atoms. The first-order valence-corrected chi connectivity index (χ1v) is 17.7. The topological polar surface area (TPSA) is 17.8 Å². The summed E-state index contributed by atoms with van der Waals surface area (Å²) in [5, 5.41) is 2.62. The van der Waals surface area contributed by atoms with Crippen molar-refractivity contribution in [2.24, 2.45) is 0 Å². The third kappa shape index (κ3) is 4.44. The average Bonchev–Trinajstić information content (AvgIpc) is 3.69. The molecule has 8 aromatic rings. The molecule has 7 aromatic carbocycles. The van der Waals surface area contributed by atoms with Crippen LogP contribution >= 0.6 is 0 Å².